The summed E-state index contributed by atoms with van der Waals surface area (Å²) in [6.45, 7) is 2.32. The molecule has 1 aromatic heterocycles. The van der Waals surface area contributed by atoms with Crippen LogP contribution in [0.3, 0.4) is 0 Å². The molecule has 1 fully saturated rings. The molecule has 0 unspecified atom stereocenters. The number of aromatic nitrogens is 1. The van der Waals surface area contributed by atoms with Crippen molar-refractivity contribution in [2.24, 2.45) is 5.73 Å². The Bertz CT molecular complexity index is 1320. The number of hydrogen-bond acceptors (Lipinski definition) is 4. The third-order valence-electron chi connectivity index (χ3n) is 6.15. The van der Waals surface area contributed by atoms with Gasteiger partial charge >= 0.3 is 18.4 Å². The van der Waals surface area contributed by atoms with Gasteiger partial charge in [0.25, 0.3) is 0 Å². The van der Waals surface area contributed by atoms with Crippen molar-refractivity contribution in [2.75, 3.05) is 11.9 Å². The van der Waals surface area contributed by atoms with E-state index in [2.05, 4.69) is 10.1 Å². The molecule has 1 aliphatic rings. The number of primary amides is 1. The highest BCUT2D eigenvalue weighted by molar-refractivity contribution is 6.05. The summed E-state index contributed by atoms with van der Waals surface area (Å²) in [7, 11) is 0. The fourth-order valence-electron chi connectivity index (χ4n) is 4.48. The number of ketones is 1. The molecule has 1 atom stereocenters. The number of hydrogen-bond donors (Lipinski definition) is 2. The number of amides is 3. The predicted molar refractivity (Wildman–Crippen MR) is 127 cm³/mol. The van der Waals surface area contributed by atoms with Crippen LogP contribution < -0.4 is 15.8 Å². The van der Waals surface area contributed by atoms with E-state index in [0.717, 1.165) is 24.1 Å². The zero-order valence-electron chi connectivity index (χ0n) is 19.5. The minimum absolute atomic E-state index is 0.149. The average molecular weight is 502 g/mol. The number of fused-ring (bicyclic) bond motifs is 1. The van der Waals surface area contributed by atoms with Crippen LogP contribution >= 0.6 is 0 Å². The van der Waals surface area contributed by atoms with Gasteiger partial charge in [-0.3, -0.25) is 9.36 Å². The molecule has 0 radical (unpaired) electrons. The molecule has 0 aliphatic carbocycles. The summed E-state index contributed by atoms with van der Waals surface area (Å²) >= 11 is 0. The number of rotatable bonds is 6. The molecule has 11 heteroatoms. The maximum Gasteiger partial charge on any atom is 0.573 e. The van der Waals surface area contributed by atoms with E-state index in [1.807, 2.05) is 19.1 Å². The Hall–Kier alpha value is -4.02. The molecule has 2 heterocycles. The third-order valence-corrected chi connectivity index (χ3v) is 6.15. The number of nitrogens with two attached hydrogens (primary N) is 1. The number of nitrogens with one attached hydrogen (secondary N) is 1. The van der Waals surface area contributed by atoms with Gasteiger partial charge in [0.2, 0.25) is 0 Å². The van der Waals surface area contributed by atoms with Crippen LogP contribution in [0.25, 0.3) is 10.9 Å². The molecule has 36 heavy (non-hydrogen) atoms. The van der Waals surface area contributed by atoms with E-state index in [0.29, 0.717) is 41.5 Å². The number of urea groups is 1. The molecular formula is C25H25F3N4O4. The van der Waals surface area contributed by atoms with E-state index in [9.17, 15) is 27.6 Å². The van der Waals surface area contributed by atoms with Gasteiger partial charge in [-0.1, -0.05) is 31.2 Å². The van der Waals surface area contributed by atoms with Crippen LogP contribution in [0.1, 0.15) is 30.9 Å². The number of ether oxygens (including phenoxy) is 1. The second-order valence-corrected chi connectivity index (χ2v) is 8.58. The zero-order valence-corrected chi connectivity index (χ0v) is 19.5. The summed E-state index contributed by atoms with van der Waals surface area (Å²) < 4.78 is 42.7. The van der Waals surface area contributed by atoms with E-state index in [4.69, 9.17) is 5.73 Å². The fourth-order valence-corrected chi connectivity index (χ4v) is 4.48. The second kappa shape index (κ2) is 9.92. The van der Waals surface area contributed by atoms with Crippen LogP contribution in [0.2, 0.25) is 0 Å². The quantitative estimate of drug-likeness (QED) is 0.503. The summed E-state index contributed by atoms with van der Waals surface area (Å²) in [5, 5.41) is 3.41. The molecule has 3 aromatic rings. The fraction of sp³-hybridized carbons (Fsp3) is 0.320. The van der Waals surface area contributed by atoms with Crippen molar-refractivity contribution in [1.82, 2.24) is 9.47 Å². The molecule has 2 aromatic carbocycles. The number of carbonyl (C=O) groups is 3. The topological polar surface area (TPSA) is 107 Å². The summed E-state index contributed by atoms with van der Waals surface area (Å²) in [4.78, 5) is 39.5. The van der Waals surface area contributed by atoms with Crippen LogP contribution in [0.5, 0.6) is 5.75 Å². The Kier molecular flexibility index (Phi) is 6.91. The second-order valence-electron chi connectivity index (χ2n) is 8.58. The van der Waals surface area contributed by atoms with Crippen molar-refractivity contribution < 1.29 is 32.3 Å². The smallest absolute Gasteiger partial charge is 0.406 e. The Morgan fingerprint density at radius 2 is 1.92 bits per heavy atom. The first-order chi connectivity index (χ1) is 17.1. The van der Waals surface area contributed by atoms with E-state index >= 15 is 0 Å². The summed E-state index contributed by atoms with van der Waals surface area (Å²) in [6.07, 6.45) is -1.74. The van der Waals surface area contributed by atoms with E-state index in [1.54, 1.807) is 6.07 Å². The maximum atomic E-state index is 13.1. The molecule has 0 saturated carbocycles. The number of alkyl halides is 3. The molecule has 1 aliphatic heterocycles. The average Bonchev–Trinajstić information content (AvgIpc) is 3.43. The first-order valence-corrected chi connectivity index (χ1v) is 11.4. The first kappa shape index (κ1) is 25.1. The van der Waals surface area contributed by atoms with Gasteiger partial charge in [-0.2, -0.15) is 0 Å². The molecule has 3 N–H and O–H groups in total. The summed E-state index contributed by atoms with van der Waals surface area (Å²) in [5.74, 6) is -0.704. The van der Waals surface area contributed by atoms with Gasteiger partial charge in [-0.25, -0.2) is 9.59 Å². The molecule has 0 spiro atoms. The van der Waals surface area contributed by atoms with Crippen LogP contribution in [-0.4, -0.2) is 46.3 Å². The normalized spacial score (nSPS) is 15.8. The number of benzene rings is 2. The summed E-state index contributed by atoms with van der Waals surface area (Å²) in [5.41, 5.74) is 7.79. The highest BCUT2D eigenvalue weighted by Crippen LogP contribution is 2.29. The molecule has 1 saturated heterocycles. The van der Waals surface area contributed by atoms with Crippen molar-refractivity contribution in [3.63, 3.8) is 0 Å². The minimum Gasteiger partial charge on any atom is -0.406 e. The number of halogens is 3. The van der Waals surface area contributed by atoms with E-state index < -0.39 is 30.2 Å². The number of carbonyl (C=O) groups excluding carboxylic acids is 3. The standard InChI is InChI=1S/C25H25F3N4O4/c1-2-15-8-9-18-19(14-32(23(29)34)21(18)12-15)30-24(35)31-10-4-7-20(31)22(33)13-16-5-3-6-17(11-16)36-25(26,27)28/h3,5-6,8-9,11-12,14,20H,2,4,7,10,13H2,1H3,(H2,29,34)(H,30,35)/t20-/m0/s1. The van der Waals surface area contributed by atoms with Crippen LogP contribution in [0, 0.1) is 0 Å². The largest absolute Gasteiger partial charge is 0.573 e. The zero-order chi connectivity index (χ0) is 26.0. The van der Waals surface area contributed by atoms with Crippen molar-refractivity contribution in [1.29, 1.82) is 0 Å². The Labute approximate surface area is 204 Å². The van der Waals surface area contributed by atoms with Crippen LogP contribution in [0.15, 0.2) is 48.7 Å². The lowest BCUT2D eigenvalue weighted by molar-refractivity contribution is -0.274. The van der Waals surface area contributed by atoms with Gasteiger partial charge < -0.3 is 20.7 Å². The first-order valence-electron chi connectivity index (χ1n) is 11.4. The molecular weight excluding hydrogens is 477 g/mol. The van der Waals surface area contributed by atoms with Gasteiger partial charge in [0.15, 0.2) is 5.78 Å². The Balaban J connectivity index is 1.50. The van der Waals surface area contributed by atoms with Crippen LogP contribution in [0.4, 0.5) is 28.4 Å². The van der Waals surface area contributed by atoms with E-state index in [1.165, 1.54) is 27.8 Å². The molecule has 190 valence electrons. The van der Waals surface area contributed by atoms with Crippen molar-refractivity contribution in [3.05, 3.63) is 59.8 Å². The number of nitrogens with zero attached hydrogens (tertiary/aromatic N) is 2. The number of aryl methyl sites for hydroxylation is 1. The Morgan fingerprint density at radius 1 is 1.14 bits per heavy atom. The van der Waals surface area contributed by atoms with Gasteiger partial charge in [-0.15, -0.1) is 13.2 Å². The SMILES string of the molecule is CCc1ccc2c(NC(=O)N3CCC[C@H]3C(=O)Cc3cccc(OC(F)(F)F)c3)cn(C(N)=O)c2c1. The molecule has 8 nitrogen and oxygen atoms in total. The summed E-state index contributed by atoms with van der Waals surface area (Å²) in [6, 6.07) is 8.81. The minimum atomic E-state index is -4.83. The van der Waals surface area contributed by atoms with Gasteiger partial charge in [0, 0.05) is 24.5 Å². The van der Waals surface area contributed by atoms with Crippen molar-refractivity contribution in [3.8, 4) is 5.75 Å². The van der Waals surface area contributed by atoms with Gasteiger partial charge in [0.05, 0.1) is 17.2 Å². The van der Waals surface area contributed by atoms with Gasteiger partial charge in [0.1, 0.15) is 5.75 Å². The molecule has 4 rings (SSSR count). The van der Waals surface area contributed by atoms with Crippen LogP contribution in [-0.2, 0) is 17.6 Å². The number of Topliss-reactive ketones (excluding diaryl/α,β-unsaturated/α-hetero) is 1. The van der Waals surface area contributed by atoms with Gasteiger partial charge in [-0.05, 0) is 48.6 Å². The maximum absolute atomic E-state index is 13.1. The lowest BCUT2D eigenvalue weighted by Gasteiger charge is -2.24. The highest BCUT2D eigenvalue weighted by Gasteiger charge is 2.35. The molecule has 0 bridgehead atoms. The predicted octanol–water partition coefficient (Wildman–Crippen LogP) is 4.84. The highest BCUT2D eigenvalue weighted by atomic mass is 19.4. The lowest BCUT2D eigenvalue weighted by atomic mass is 10.0. The third kappa shape index (κ3) is 5.45. The van der Waals surface area contributed by atoms with Crippen molar-refractivity contribution in [2.45, 2.75) is 45.0 Å². The molecule has 3 amide bonds. The number of anilines is 1. The number of likely N-dealkylation sites (tertiary alicyclic amines) is 1. The Morgan fingerprint density at radius 3 is 2.61 bits per heavy atom. The lowest BCUT2D eigenvalue weighted by Crippen LogP contribution is -2.43. The monoisotopic (exact) mass is 502 g/mol. The van der Waals surface area contributed by atoms with E-state index in [-0.39, 0.29) is 12.2 Å². The van der Waals surface area contributed by atoms with Crippen molar-refractivity contribution >= 4 is 34.4 Å².